The van der Waals surface area contributed by atoms with Crippen molar-refractivity contribution < 1.29 is 14.3 Å². The first-order chi connectivity index (χ1) is 7.20. The highest BCUT2D eigenvalue weighted by Gasteiger charge is 2.20. The highest BCUT2D eigenvalue weighted by atomic mass is 32.2. The molecule has 1 aliphatic heterocycles. The molecule has 1 rings (SSSR count). The summed E-state index contributed by atoms with van der Waals surface area (Å²) in [7, 11) is 0. The van der Waals surface area contributed by atoms with Crippen molar-refractivity contribution >= 4 is 23.6 Å². The molecule has 1 aliphatic rings. The molecule has 0 N–H and O–H groups in total. The molecule has 0 aromatic heterocycles. The molecule has 1 heterocycles. The highest BCUT2D eigenvalue weighted by molar-refractivity contribution is 7.99. The fourth-order valence-electron chi connectivity index (χ4n) is 1.33. The monoisotopic (exact) mass is 231 g/mol. The number of carbonyl (C=O) groups excluding carboxylic acids is 2. The van der Waals surface area contributed by atoms with Crippen molar-refractivity contribution in [2.75, 3.05) is 31.2 Å². The van der Waals surface area contributed by atoms with Crippen molar-refractivity contribution in [1.29, 1.82) is 0 Å². The van der Waals surface area contributed by atoms with Gasteiger partial charge in [0.2, 0.25) is 0 Å². The van der Waals surface area contributed by atoms with Gasteiger partial charge in [0.25, 0.3) is 0 Å². The Bertz CT molecular complexity index is 233. The molecule has 15 heavy (non-hydrogen) atoms. The molecule has 0 bridgehead atoms. The summed E-state index contributed by atoms with van der Waals surface area (Å²) < 4.78 is 4.81. The second-order valence-corrected chi connectivity index (χ2v) is 4.74. The molecular weight excluding hydrogens is 214 g/mol. The number of nitrogens with zero attached hydrogens (tertiary/aromatic N) is 1. The molecule has 0 aliphatic carbocycles. The Hall–Kier alpha value is -0.710. The zero-order chi connectivity index (χ0) is 11.1. The SMILES string of the molecule is CC(=O)CCCSCCN1CCOC1=O. The number of thioether (sulfide) groups is 1. The first-order valence-corrected chi connectivity index (χ1v) is 6.34. The van der Waals surface area contributed by atoms with Crippen LogP contribution in [0.2, 0.25) is 0 Å². The van der Waals surface area contributed by atoms with Gasteiger partial charge in [-0.05, 0) is 19.1 Å². The summed E-state index contributed by atoms with van der Waals surface area (Å²) in [5.41, 5.74) is 0. The van der Waals surface area contributed by atoms with E-state index >= 15 is 0 Å². The topological polar surface area (TPSA) is 46.6 Å². The minimum atomic E-state index is -0.195. The van der Waals surface area contributed by atoms with Crippen LogP contribution in [0.4, 0.5) is 4.79 Å². The lowest BCUT2D eigenvalue weighted by Crippen LogP contribution is -2.26. The van der Waals surface area contributed by atoms with Gasteiger partial charge in [-0.25, -0.2) is 4.79 Å². The van der Waals surface area contributed by atoms with Gasteiger partial charge in [-0.2, -0.15) is 11.8 Å². The Labute approximate surface area is 94.3 Å². The van der Waals surface area contributed by atoms with Crippen LogP contribution in [0.1, 0.15) is 19.8 Å². The van der Waals surface area contributed by atoms with Gasteiger partial charge in [-0.3, -0.25) is 0 Å². The molecule has 1 saturated heterocycles. The van der Waals surface area contributed by atoms with E-state index in [1.54, 1.807) is 23.6 Å². The third-order valence-corrected chi connectivity index (χ3v) is 3.22. The van der Waals surface area contributed by atoms with E-state index in [-0.39, 0.29) is 11.9 Å². The Morgan fingerprint density at radius 2 is 2.33 bits per heavy atom. The summed E-state index contributed by atoms with van der Waals surface area (Å²) in [6.45, 7) is 3.61. The van der Waals surface area contributed by atoms with Crippen molar-refractivity contribution in [1.82, 2.24) is 4.90 Å². The van der Waals surface area contributed by atoms with Crippen LogP contribution in [-0.2, 0) is 9.53 Å². The molecular formula is C10H17NO3S. The van der Waals surface area contributed by atoms with E-state index in [4.69, 9.17) is 4.74 Å². The summed E-state index contributed by atoms with van der Waals surface area (Å²) in [5.74, 6) is 2.16. The molecule has 0 atom stereocenters. The van der Waals surface area contributed by atoms with Gasteiger partial charge in [0.1, 0.15) is 12.4 Å². The lowest BCUT2D eigenvalue weighted by Gasteiger charge is -2.11. The van der Waals surface area contributed by atoms with Crippen molar-refractivity contribution in [3.63, 3.8) is 0 Å². The number of Topliss-reactive ketones (excluding diaryl/α,β-unsaturated/α-hetero) is 1. The van der Waals surface area contributed by atoms with Gasteiger partial charge in [-0.1, -0.05) is 0 Å². The first kappa shape index (κ1) is 12.4. The van der Waals surface area contributed by atoms with E-state index in [0.717, 1.165) is 24.5 Å². The second-order valence-electron chi connectivity index (χ2n) is 3.52. The number of rotatable bonds is 7. The first-order valence-electron chi connectivity index (χ1n) is 5.19. The van der Waals surface area contributed by atoms with Crippen LogP contribution in [0.25, 0.3) is 0 Å². The molecule has 0 saturated carbocycles. The number of carbonyl (C=O) groups is 2. The van der Waals surface area contributed by atoms with Crippen LogP contribution in [0.5, 0.6) is 0 Å². The molecule has 4 nitrogen and oxygen atoms in total. The lowest BCUT2D eigenvalue weighted by atomic mass is 10.3. The quantitative estimate of drug-likeness (QED) is 0.624. The number of hydrogen-bond acceptors (Lipinski definition) is 4. The van der Waals surface area contributed by atoms with Gasteiger partial charge in [-0.15, -0.1) is 0 Å². The van der Waals surface area contributed by atoms with Crippen LogP contribution in [0.15, 0.2) is 0 Å². The zero-order valence-corrected chi connectivity index (χ0v) is 9.85. The van der Waals surface area contributed by atoms with Crippen LogP contribution in [0, 0.1) is 0 Å². The molecule has 1 fully saturated rings. The Morgan fingerprint density at radius 3 is 2.93 bits per heavy atom. The van der Waals surface area contributed by atoms with E-state index in [0.29, 0.717) is 19.6 Å². The number of ketones is 1. The largest absolute Gasteiger partial charge is 0.448 e. The van der Waals surface area contributed by atoms with Crippen molar-refractivity contribution in [2.45, 2.75) is 19.8 Å². The molecule has 0 aromatic rings. The van der Waals surface area contributed by atoms with E-state index in [9.17, 15) is 9.59 Å². The fourth-order valence-corrected chi connectivity index (χ4v) is 2.23. The maximum absolute atomic E-state index is 11.0. The third kappa shape index (κ3) is 5.06. The maximum Gasteiger partial charge on any atom is 0.409 e. The number of cyclic esters (lactones) is 1. The van der Waals surface area contributed by atoms with E-state index in [2.05, 4.69) is 0 Å². The second kappa shape index (κ2) is 6.71. The van der Waals surface area contributed by atoms with Crippen molar-refractivity contribution in [2.24, 2.45) is 0 Å². The normalized spacial score (nSPS) is 15.5. The van der Waals surface area contributed by atoms with Crippen LogP contribution in [0.3, 0.4) is 0 Å². The van der Waals surface area contributed by atoms with E-state index in [1.807, 2.05) is 0 Å². The predicted molar refractivity (Wildman–Crippen MR) is 60.2 cm³/mol. The highest BCUT2D eigenvalue weighted by Crippen LogP contribution is 2.08. The Balaban J connectivity index is 1.92. The third-order valence-electron chi connectivity index (χ3n) is 2.17. The standard InChI is InChI=1S/C10H17NO3S/c1-9(12)3-2-7-15-8-5-11-4-6-14-10(11)13/h2-8H2,1H3. The average molecular weight is 231 g/mol. The molecule has 86 valence electrons. The summed E-state index contributed by atoms with van der Waals surface area (Å²) >= 11 is 1.78. The van der Waals surface area contributed by atoms with Crippen LogP contribution >= 0.6 is 11.8 Å². The number of ether oxygens (including phenoxy) is 1. The number of amides is 1. The Morgan fingerprint density at radius 1 is 1.53 bits per heavy atom. The minimum Gasteiger partial charge on any atom is -0.448 e. The summed E-state index contributed by atoms with van der Waals surface area (Å²) in [4.78, 5) is 23.4. The molecule has 1 amide bonds. The minimum absolute atomic E-state index is 0.195. The smallest absolute Gasteiger partial charge is 0.409 e. The summed E-state index contributed by atoms with van der Waals surface area (Å²) in [5, 5.41) is 0. The van der Waals surface area contributed by atoms with Crippen molar-refractivity contribution in [3.8, 4) is 0 Å². The molecule has 5 heteroatoms. The molecule has 0 radical (unpaired) electrons. The molecule has 0 unspecified atom stereocenters. The summed E-state index contributed by atoms with van der Waals surface area (Å²) in [6.07, 6.45) is 1.41. The van der Waals surface area contributed by atoms with Gasteiger partial charge < -0.3 is 14.4 Å². The van der Waals surface area contributed by atoms with E-state index < -0.39 is 0 Å². The van der Waals surface area contributed by atoms with Crippen molar-refractivity contribution in [3.05, 3.63) is 0 Å². The van der Waals surface area contributed by atoms with Gasteiger partial charge in [0, 0.05) is 18.7 Å². The maximum atomic E-state index is 11.0. The van der Waals surface area contributed by atoms with Gasteiger partial charge >= 0.3 is 6.09 Å². The van der Waals surface area contributed by atoms with E-state index in [1.165, 1.54) is 0 Å². The average Bonchev–Trinajstić information content (AvgIpc) is 2.57. The van der Waals surface area contributed by atoms with Crippen LogP contribution in [-0.4, -0.2) is 48.0 Å². The zero-order valence-electron chi connectivity index (χ0n) is 9.03. The van der Waals surface area contributed by atoms with Gasteiger partial charge in [0.15, 0.2) is 0 Å². The molecule has 0 aromatic carbocycles. The Kier molecular flexibility index (Phi) is 5.53. The number of hydrogen-bond donors (Lipinski definition) is 0. The van der Waals surface area contributed by atoms with Crippen LogP contribution < -0.4 is 0 Å². The summed E-state index contributed by atoms with van der Waals surface area (Å²) in [6, 6.07) is 0. The van der Waals surface area contributed by atoms with Gasteiger partial charge in [0.05, 0.1) is 6.54 Å². The molecule has 0 spiro atoms. The fraction of sp³-hybridized carbons (Fsp3) is 0.800. The lowest BCUT2D eigenvalue weighted by molar-refractivity contribution is -0.117. The predicted octanol–water partition coefficient (Wildman–Crippen LogP) is 1.54.